The summed E-state index contributed by atoms with van der Waals surface area (Å²) in [5.41, 5.74) is 2.83. The van der Waals surface area contributed by atoms with Crippen LogP contribution in [0.2, 0.25) is 0 Å². The SMILES string of the molecule is CNc1ccc2c(Br)nc(-c3ccc(F)cc3)n2c1. The Bertz CT molecular complexity index is 734. The molecule has 0 radical (unpaired) electrons. The Labute approximate surface area is 118 Å². The summed E-state index contributed by atoms with van der Waals surface area (Å²) < 4.78 is 15.7. The van der Waals surface area contributed by atoms with Crippen LogP contribution < -0.4 is 5.32 Å². The second-order valence-electron chi connectivity index (χ2n) is 4.16. The lowest BCUT2D eigenvalue weighted by molar-refractivity contribution is 0.628. The van der Waals surface area contributed by atoms with Crippen LogP contribution in [-0.4, -0.2) is 16.4 Å². The first kappa shape index (κ1) is 12.2. The van der Waals surface area contributed by atoms with Gasteiger partial charge in [-0.15, -0.1) is 0 Å². The monoisotopic (exact) mass is 319 g/mol. The van der Waals surface area contributed by atoms with Crippen LogP contribution in [0.25, 0.3) is 16.9 Å². The van der Waals surface area contributed by atoms with E-state index in [2.05, 4.69) is 26.2 Å². The van der Waals surface area contributed by atoms with E-state index in [4.69, 9.17) is 0 Å². The minimum Gasteiger partial charge on any atom is -0.387 e. The molecule has 0 saturated heterocycles. The van der Waals surface area contributed by atoms with Gasteiger partial charge in [0, 0.05) is 18.8 Å². The molecule has 0 unspecified atom stereocenters. The number of hydrogen-bond acceptors (Lipinski definition) is 2. The number of imidazole rings is 1. The number of aromatic nitrogens is 2. The fourth-order valence-corrected chi connectivity index (χ4v) is 2.49. The van der Waals surface area contributed by atoms with Gasteiger partial charge < -0.3 is 5.32 Å². The molecule has 0 aliphatic heterocycles. The lowest BCUT2D eigenvalue weighted by atomic mass is 10.2. The van der Waals surface area contributed by atoms with Crippen molar-refractivity contribution in [2.45, 2.75) is 0 Å². The predicted octanol–water partition coefficient (Wildman–Crippen LogP) is 3.94. The van der Waals surface area contributed by atoms with Crippen molar-refractivity contribution in [3.63, 3.8) is 0 Å². The van der Waals surface area contributed by atoms with Crippen LogP contribution in [0, 0.1) is 5.82 Å². The summed E-state index contributed by atoms with van der Waals surface area (Å²) in [4.78, 5) is 4.49. The first-order valence-corrected chi connectivity index (χ1v) is 6.59. The molecule has 3 aromatic rings. The third-order valence-corrected chi connectivity index (χ3v) is 3.57. The van der Waals surface area contributed by atoms with E-state index in [-0.39, 0.29) is 5.82 Å². The Kier molecular flexibility index (Phi) is 2.98. The van der Waals surface area contributed by atoms with E-state index in [0.717, 1.165) is 27.2 Å². The zero-order chi connectivity index (χ0) is 13.4. The van der Waals surface area contributed by atoms with Crippen LogP contribution in [0.1, 0.15) is 0 Å². The molecule has 0 aliphatic carbocycles. The fourth-order valence-electron chi connectivity index (χ4n) is 2.00. The second-order valence-corrected chi connectivity index (χ2v) is 4.91. The van der Waals surface area contributed by atoms with Crippen LogP contribution >= 0.6 is 15.9 Å². The lowest BCUT2D eigenvalue weighted by Crippen LogP contribution is -1.94. The Morgan fingerprint density at radius 1 is 1.16 bits per heavy atom. The second kappa shape index (κ2) is 4.66. The number of halogens is 2. The minimum atomic E-state index is -0.250. The summed E-state index contributed by atoms with van der Waals surface area (Å²) >= 11 is 3.45. The van der Waals surface area contributed by atoms with Gasteiger partial charge in [0.05, 0.1) is 11.2 Å². The van der Waals surface area contributed by atoms with Gasteiger partial charge in [0.15, 0.2) is 0 Å². The molecule has 19 heavy (non-hydrogen) atoms. The molecule has 0 saturated carbocycles. The van der Waals surface area contributed by atoms with Crippen molar-refractivity contribution in [1.29, 1.82) is 0 Å². The number of pyridine rings is 1. The molecule has 1 aromatic carbocycles. The topological polar surface area (TPSA) is 29.3 Å². The zero-order valence-corrected chi connectivity index (χ0v) is 11.8. The summed E-state index contributed by atoms with van der Waals surface area (Å²) in [5.74, 6) is 0.526. The Balaban J connectivity index is 2.25. The Hall–Kier alpha value is -1.88. The summed E-state index contributed by atoms with van der Waals surface area (Å²) in [6.45, 7) is 0. The molecule has 2 heterocycles. The van der Waals surface area contributed by atoms with E-state index in [1.807, 2.05) is 29.8 Å². The summed E-state index contributed by atoms with van der Waals surface area (Å²) in [7, 11) is 1.87. The van der Waals surface area contributed by atoms with Crippen molar-refractivity contribution in [2.24, 2.45) is 0 Å². The van der Waals surface area contributed by atoms with E-state index in [1.54, 1.807) is 12.1 Å². The highest BCUT2D eigenvalue weighted by Crippen LogP contribution is 2.27. The number of anilines is 1. The van der Waals surface area contributed by atoms with Gasteiger partial charge in [0.1, 0.15) is 16.2 Å². The molecule has 0 fully saturated rings. The lowest BCUT2D eigenvalue weighted by Gasteiger charge is -2.04. The summed E-state index contributed by atoms with van der Waals surface area (Å²) in [5, 5.41) is 3.09. The number of nitrogens with zero attached hydrogens (tertiary/aromatic N) is 2. The van der Waals surface area contributed by atoms with Crippen molar-refractivity contribution in [3.8, 4) is 11.4 Å². The predicted molar refractivity (Wildman–Crippen MR) is 77.8 cm³/mol. The van der Waals surface area contributed by atoms with Crippen LogP contribution in [0.5, 0.6) is 0 Å². The highest BCUT2D eigenvalue weighted by Gasteiger charge is 2.11. The number of rotatable bonds is 2. The number of benzene rings is 1. The maximum absolute atomic E-state index is 13.0. The van der Waals surface area contributed by atoms with Crippen molar-refractivity contribution in [3.05, 3.63) is 53.0 Å². The van der Waals surface area contributed by atoms with E-state index in [1.165, 1.54) is 12.1 Å². The molecule has 1 N–H and O–H groups in total. The highest BCUT2D eigenvalue weighted by molar-refractivity contribution is 9.10. The first-order chi connectivity index (χ1) is 9.19. The van der Waals surface area contributed by atoms with Gasteiger partial charge in [-0.3, -0.25) is 4.40 Å². The molecule has 0 amide bonds. The van der Waals surface area contributed by atoms with Gasteiger partial charge >= 0.3 is 0 Å². The molecule has 5 heteroatoms. The fraction of sp³-hybridized carbons (Fsp3) is 0.0714. The van der Waals surface area contributed by atoms with E-state index >= 15 is 0 Å². The first-order valence-electron chi connectivity index (χ1n) is 5.80. The summed E-state index contributed by atoms with van der Waals surface area (Å²) in [6.07, 6.45) is 1.96. The Morgan fingerprint density at radius 3 is 2.58 bits per heavy atom. The van der Waals surface area contributed by atoms with Gasteiger partial charge in [0.2, 0.25) is 0 Å². The van der Waals surface area contributed by atoms with Gasteiger partial charge in [-0.25, -0.2) is 9.37 Å². The smallest absolute Gasteiger partial charge is 0.145 e. The zero-order valence-electron chi connectivity index (χ0n) is 10.2. The molecule has 0 aliphatic rings. The maximum Gasteiger partial charge on any atom is 0.145 e. The average Bonchev–Trinajstić information content (AvgIpc) is 2.76. The van der Waals surface area contributed by atoms with Crippen molar-refractivity contribution < 1.29 is 4.39 Å². The molecule has 0 atom stereocenters. The van der Waals surface area contributed by atoms with Crippen molar-refractivity contribution in [2.75, 3.05) is 12.4 Å². The molecule has 3 nitrogen and oxygen atoms in total. The van der Waals surface area contributed by atoms with Crippen LogP contribution in [0.3, 0.4) is 0 Å². The molecule has 0 bridgehead atoms. The van der Waals surface area contributed by atoms with Crippen molar-refractivity contribution >= 4 is 27.1 Å². The minimum absolute atomic E-state index is 0.250. The molecular weight excluding hydrogens is 309 g/mol. The van der Waals surface area contributed by atoms with Crippen LogP contribution in [-0.2, 0) is 0 Å². The standard InChI is InChI=1S/C14H11BrFN3/c1-17-11-6-7-12-13(15)18-14(19(12)8-11)9-2-4-10(16)5-3-9/h2-8,17H,1H3. The Morgan fingerprint density at radius 2 is 1.89 bits per heavy atom. The van der Waals surface area contributed by atoms with Gasteiger partial charge in [-0.05, 0) is 52.3 Å². The van der Waals surface area contributed by atoms with E-state index < -0.39 is 0 Å². The molecule has 2 aromatic heterocycles. The molecule has 0 spiro atoms. The highest BCUT2D eigenvalue weighted by atomic mass is 79.9. The van der Waals surface area contributed by atoms with Crippen LogP contribution in [0.15, 0.2) is 47.2 Å². The molecular formula is C14H11BrFN3. The van der Waals surface area contributed by atoms with E-state index in [0.29, 0.717) is 0 Å². The van der Waals surface area contributed by atoms with E-state index in [9.17, 15) is 4.39 Å². The largest absolute Gasteiger partial charge is 0.387 e. The number of hydrogen-bond donors (Lipinski definition) is 1. The quantitative estimate of drug-likeness (QED) is 0.775. The van der Waals surface area contributed by atoms with Gasteiger partial charge in [-0.1, -0.05) is 0 Å². The third-order valence-electron chi connectivity index (χ3n) is 2.98. The maximum atomic E-state index is 13.0. The third kappa shape index (κ3) is 2.10. The van der Waals surface area contributed by atoms with Gasteiger partial charge in [0.25, 0.3) is 0 Å². The van der Waals surface area contributed by atoms with Crippen molar-refractivity contribution in [1.82, 2.24) is 9.38 Å². The van der Waals surface area contributed by atoms with Gasteiger partial charge in [-0.2, -0.15) is 0 Å². The molecule has 96 valence electrons. The molecule has 3 rings (SSSR count). The number of nitrogens with one attached hydrogen (secondary N) is 1. The normalized spacial score (nSPS) is 10.9. The summed E-state index contributed by atoms with van der Waals surface area (Å²) in [6, 6.07) is 10.3. The number of fused-ring (bicyclic) bond motifs is 1. The van der Waals surface area contributed by atoms with Crippen LogP contribution in [0.4, 0.5) is 10.1 Å². The average molecular weight is 320 g/mol.